The van der Waals surface area contributed by atoms with Gasteiger partial charge in [-0.05, 0) is 56.3 Å². The maximum atomic E-state index is 12.6. The first-order valence-electron chi connectivity index (χ1n) is 8.97. The van der Waals surface area contributed by atoms with Gasteiger partial charge in [0.15, 0.2) is 5.82 Å². The minimum atomic E-state index is -0.463. The van der Waals surface area contributed by atoms with Crippen molar-refractivity contribution in [3.05, 3.63) is 75.5 Å². The second-order valence-electron chi connectivity index (χ2n) is 6.54. The smallest absolute Gasteiger partial charge is 0.271 e. The van der Waals surface area contributed by atoms with E-state index in [1.165, 1.54) is 0 Å². The number of carbonyl (C=O) groups excluding carboxylic acids is 1. The van der Waals surface area contributed by atoms with Gasteiger partial charge in [-0.1, -0.05) is 28.4 Å². The Kier molecular flexibility index (Phi) is 5.52. The van der Waals surface area contributed by atoms with Crippen molar-refractivity contribution < 1.29 is 9.32 Å². The maximum Gasteiger partial charge on any atom is 0.271 e. The highest BCUT2D eigenvalue weighted by Gasteiger charge is 2.17. The molecule has 0 unspecified atom stereocenters. The van der Waals surface area contributed by atoms with Gasteiger partial charge in [-0.15, -0.1) is 0 Å². The molecule has 0 bridgehead atoms. The fraction of sp³-hybridized carbons (Fsp3) is 0.150. The first-order chi connectivity index (χ1) is 14.4. The van der Waals surface area contributed by atoms with E-state index in [4.69, 9.17) is 27.7 Å². The molecule has 0 atom stereocenters. The molecule has 0 radical (unpaired) electrons. The van der Waals surface area contributed by atoms with Gasteiger partial charge in [0.1, 0.15) is 5.69 Å². The molecule has 0 spiro atoms. The van der Waals surface area contributed by atoms with E-state index in [2.05, 4.69) is 25.5 Å². The Morgan fingerprint density at radius 3 is 2.57 bits per heavy atom. The first-order valence-corrected chi connectivity index (χ1v) is 9.73. The van der Waals surface area contributed by atoms with E-state index in [-0.39, 0.29) is 23.2 Å². The highest BCUT2D eigenvalue weighted by atomic mass is 35.5. The maximum absolute atomic E-state index is 12.6. The summed E-state index contributed by atoms with van der Waals surface area (Å²) < 4.78 is 6.85. The van der Waals surface area contributed by atoms with E-state index in [1.807, 2.05) is 19.9 Å². The average molecular weight is 443 g/mol. The van der Waals surface area contributed by atoms with Gasteiger partial charge in [0.2, 0.25) is 11.7 Å². The molecular formula is C20H16Cl2N6O2. The summed E-state index contributed by atoms with van der Waals surface area (Å²) in [6, 6.07) is 12.3. The zero-order valence-corrected chi connectivity index (χ0v) is 17.6. The molecule has 3 heterocycles. The van der Waals surface area contributed by atoms with Crippen LogP contribution in [0.5, 0.6) is 0 Å². The Hall–Kier alpha value is -3.23. The number of halogens is 2. The second-order valence-corrected chi connectivity index (χ2v) is 7.38. The molecular weight excluding hydrogens is 427 g/mol. The van der Waals surface area contributed by atoms with Crippen LogP contribution in [0.4, 0.5) is 0 Å². The van der Waals surface area contributed by atoms with Gasteiger partial charge in [-0.2, -0.15) is 10.1 Å². The zero-order valence-electron chi connectivity index (χ0n) is 16.1. The Bertz CT molecular complexity index is 1220. The van der Waals surface area contributed by atoms with Crippen molar-refractivity contribution in [2.75, 3.05) is 0 Å². The number of rotatable bonds is 5. The molecule has 0 fully saturated rings. The molecule has 30 heavy (non-hydrogen) atoms. The molecule has 1 amide bonds. The number of amides is 1. The van der Waals surface area contributed by atoms with Crippen LogP contribution >= 0.6 is 23.2 Å². The molecule has 152 valence electrons. The van der Waals surface area contributed by atoms with Gasteiger partial charge >= 0.3 is 0 Å². The van der Waals surface area contributed by atoms with E-state index in [0.717, 1.165) is 17.0 Å². The lowest BCUT2D eigenvalue weighted by atomic mass is 10.2. The highest BCUT2D eigenvalue weighted by Crippen LogP contribution is 2.20. The number of aryl methyl sites for hydroxylation is 2. The summed E-state index contributed by atoms with van der Waals surface area (Å²) in [5.74, 6) is 0.685. The van der Waals surface area contributed by atoms with Crippen molar-refractivity contribution in [3.63, 3.8) is 0 Å². The van der Waals surface area contributed by atoms with Gasteiger partial charge in [0.05, 0.1) is 17.3 Å². The fourth-order valence-electron chi connectivity index (χ4n) is 2.85. The summed E-state index contributed by atoms with van der Waals surface area (Å²) in [7, 11) is 0. The molecule has 0 aliphatic carbocycles. The molecule has 0 saturated carbocycles. The quantitative estimate of drug-likeness (QED) is 0.497. The SMILES string of the molecule is Cc1cc(C)n(-c2ccc(Cl)c(C(=O)NCc3nc(-c4ccc(Cl)cc4)no3)n2)n1. The van der Waals surface area contributed by atoms with Crippen molar-refractivity contribution in [1.82, 2.24) is 30.2 Å². The molecule has 4 rings (SSSR count). The molecule has 0 aliphatic rings. The monoisotopic (exact) mass is 442 g/mol. The van der Waals surface area contributed by atoms with E-state index in [9.17, 15) is 4.79 Å². The Labute approximate surface area is 181 Å². The van der Waals surface area contributed by atoms with Gasteiger partial charge in [-0.3, -0.25) is 4.79 Å². The molecule has 1 N–H and O–H groups in total. The number of aromatic nitrogens is 5. The van der Waals surface area contributed by atoms with E-state index < -0.39 is 5.91 Å². The normalized spacial score (nSPS) is 10.9. The molecule has 0 aliphatic heterocycles. The van der Waals surface area contributed by atoms with Crippen LogP contribution in [0, 0.1) is 13.8 Å². The van der Waals surface area contributed by atoms with Gasteiger partial charge in [0.25, 0.3) is 5.91 Å². The third-order valence-electron chi connectivity index (χ3n) is 4.24. The predicted molar refractivity (Wildman–Crippen MR) is 112 cm³/mol. The van der Waals surface area contributed by atoms with Crippen LogP contribution in [-0.2, 0) is 6.54 Å². The summed E-state index contributed by atoms with van der Waals surface area (Å²) in [6.45, 7) is 3.82. The number of hydrogen-bond donors (Lipinski definition) is 1. The topological polar surface area (TPSA) is 98.7 Å². The van der Waals surface area contributed by atoms with Crippen LogP contribution in [0.3, 0.4) is 0 Å². The van der Waals surface area contributed by atoms with Gasteiger partial charge in [-0.25, -0.2) is 9.67 Å². The lowest BCUT2D eigenvalue weighted by Gasteiger charge is -2.08. The number of nitrogens with zero attached hydrogens (tertiary/aromatic N) is 5. The van der Waals surface area contributed by atoms with Crippen molar-refractivity contribution in [2.24, 2.45) is 0 Å². The number of nitrogens with one attached hydrogen (secondary N) is 1. The largest absolute Gasteiger partial charge is 0.342 e. The third kappa shape index (κ3) is 4.19. The molecule has 1 aromatic carbocycles. The summed E-state index contributed by atoms with van der Waals surface area (Å²) in [6.07, 6.45) is 0. The Morgan fingerprint density at radius 1 is 1.10 bits per heavy atom. The van der Waals surface area contributed by atoms with Crippen LogP contribution in [0.2, 0.25) is 10.0 Å². The highest BCUT2D eigenvalue weighted by molar-refractivity contribution is 6.33. The lowest BCUT2D eigenvalue weighted by molar-refractivity contribution is 0.0941. The van der Waals surface area contributed by atoms with Crippen LogP contribution in [0.15, 0.2) is 47.0 Å². The van der Waals surface area contributed by atoms with Crippen molar-refractivity contribution >= 4 is 29.1 Å². The number of pyridine rings is 1. The van der Waals surface area contributed by atoms with Crippen molar-refractivity contribution in [2.45, 2.75) is 20.4 Å². The molecule has 0 saturated heterocycles. The van der Waals surface area contributed by atoms with E-state index >= 15 is 0 Å². The summed E-state index contributed by atoms with van der Waals surface area (Å²) in [5, 5.41) is 11.8. The minimum absolute atomic E-state index is 0.0293. The summed E-state index contributed by atoms with van der Waals surface area (Å²) in [4.78, 5) is 21.3. The van der Waals surface area contributed by atoms with Gasteiger partial charge < -0.3 is 9.84 Å². The van der Waals surface area contributed by atoms with E-state index in [0.29, 0.717) is 16.7 Å². The third-order valence-corrected chi connectivity index (χ3v) is 4.80. The molecule has 3 aromatic heterocycles. The summed E-state index contributed by atoms with van der Waals surface area (Å²) in [5.41, 5.74) is 2.58. The predicted octanol–water partition coefficient (Wildman–Crippen LogP) is 4.17. The van der Waals surface area contributed by atoms with Crippen LogP contribution in [-0.4, -0.2) is 30.8 Å². The van der Waals surface area contributed by atoms with E-state index in [1.54, 1.807) is 41.1 Å². The molecule has 10 heteroatoms. The Balaban J connectivity index is 1.49. The van der Waals surface area contributed by atoms with Crippen molar-refractivity contribution in [1.29, 1.82) is 0 Å². The van der Waals surface area contributed by atoms with Crippen LogP contribution in [0.25, 0.3) is 17.2 Å². The fourth-order valence-corrected chi connectivity index (χ4v) is 3.17. The lowest BCUT2D eigenvalue weighted by Crippen LogP contribution is -2.25. The van der Waals surface area contributed by atoms with Crippen molar-refractivity contribution in [3.8, 4) is 17.2 Å². The summed E-state index contributed by atoms with van der Waals surface area (Å²) >= 11 is 12.1. The Morgan fingerprint density at radius 2 is 1.87 bits per heavy atom. The average Bonchev–Trinajstić information content (AvgIpc) is 3.33. The molecule has 4 aromatic rings. The minimum Gasteiger partial charge on any atom is -0.342 e. The first kappa shape index (κ1) is 20.1. The standard InChI is InChI=1S/C20H16Cl2N6O2/c1-11-9-12(2)28(26-11)16-8-7-15(22)18(24-16)20(29)23-10-17-25-19(27-30-17)13-3-5-14(21)6-4-13/h3-9H,10H2,1-2H3,(H,23,29). The van der Waals surface area contributed by atoms with Gasteiger partial charge in [0, 0.05) is 16.3 Å². The second kappa shape index (κ2) is 8.25. The van der Waals surface area contributed by atoms with Crippen LogP contribution < -0.4 is 5.32 Å². The number of benzene rings is 1. The zero-order chi connectivity index (χ0) is 21.3. The number of carbonyl (C=O) groups is 1. The number of hydrogen-bond acceptors (Lipinski definition) is 6. The molecule has 8 nitrogen and oxygen atoms in total. The van der Waals surface area contributed by atoms with Crippen LogP contribution in [0.1, 0.15) is 27.8 Å².